The predicted octanol–water partition coefficient (Wildman–Crippen LogP) is 4.14. The van der Waals surface area contributed by atoms with Crippen LogP contribution in [0.3, 0.4) is 0 Å². The van der Waals surface area contributed by atoms with Gasteiger partial charge in [0, 0.05) is 29.0 Å². The maximum absolute atomic E-state index is 12.9. The topological polar surface area (TPSA) is 20.3 Å². The zero-order valence-electron chi connectivity index (χ0n) is 12.2. The van der Waals surface area contributed by atoms with Gasteiger partial charge in [-0.2, -0.15) is 11.8 Å². The van der Waals surface area contributed by atoms with Gasteiger partial charge in [0.15, 0.2) is 0 Å². The van der Waals surface area contributed by atoms with Crippen molar-refractivity contribution >= 4 is 29.0 Å². The molecule has 3 rings (SSSR count). The second kappa shape index (κ2) is 7.29. The Kier molecular flexibility index (Phi) is 5.16. The highest BCUT2D eigenvalue weighted by Crippen LogP contribution is 2.36. The standard InChI is InChI=1S/C17H18FNOS2/c18-14-5-3-13(4-6-14)12-17(20)19-8-7-16(22-11-9-19)15-2-1-10-21-15/h1-6,10,16H,7-9,11-12H2/t16-/m1/s1. The van der Waals surface area contributed by atoms with E-state index in [1.165, 1.54) is 17.0 Å². The minimum Gasteiger partial charge on any atom is -0.342 e. The number of nitrogens with zero attached hydrogens (tertiary/aromatic N) is 1. The zero-order chi connectivity index (χ0) is 15.4. The van der Waals surface area contributed by atoms with Gasteiger partial charge >= 0.3 is 0 Å². The van der Waals surface area contributed by atoms with Gasteiger partial charge in [-0.15, -0.1) is 11.3 Å². The van der Waals surface area contributed by atoms with Gasteiger partial charge in [0.25, 0.3) is 0 Å². The average molecular weight is 335 g/mol. The molecular formula is C17H18FNOS2. The van der Waals surface area contributed by atoms with Crippen LogP contribution in [-0.4, -0.2) is 29.6 Å². The average Bonchev–Trinajstić information content (AvgIpc) is 2.94. The Morgan fingerprint density at radius 3 is 2.77 bits per heavy atom. The molecule has 1 aliphatic rings. The Morgan fingerprint density at radius 2 is 2.05 bits per heavy atom. The van der Waals surface area contributed by atoms with E-state index < -0.39 is 0 Å². The molecule has 0 radical (unpaired) electrons. The van der Waals surface area contributed by atoms with Crippen LogP contribution in [0, 0.1) is 5.82 Å². The Balaban J connectivity index is 1.58. The van der Waals surface area contributed by atoms with Crippen molar-refractivity contribution in [1.82, 2.24) is 4.90 Å². The smallest absolute Gasteiger partial charge is 0.227 e. The second-order valence-corrected chi connectivity index (χ2v) is 7.64. The molecule has 1 amide bonds. The third-order valence-electron chi connectivity index (χ3n) is 3.82. The first-order valence-corrected chi connectivity index (χ1v) is 9.32. The van der Waals surface area contributed by atoms with Crippen molar-refractivity contribution in [2.24, 2.45) is 0 Å². The molecule has 2 heterocycles. The number of thioether (sulfide) groups is 1. The molecule has 0 spiro atoms. The summed E-state index contributed by atoms with van der Waals surface area (Å²) in [6.07, 6.45) is 1.36. The SMILES string of the molecule is O=C(Cc1ccc(F)cc1)N1CCS[C@@H](c2cccs2)CC1. The van der Waals surface area contributed by atoms with Gasteiger partial charge < -0.3 is 4.90 Å². The molecule has 1 fully saturated rings. The molecule has 1 aromatic carbocycles. The van der Waals surface area contributed by atoms with Crippen molar-refractivity contribution in [3.8, 4) is 0 Å². The number of halogens is 1. The first kappa shape index (κ1) is 15.6. The molecule has 2 aromatic rings. The summed E-state index contributed by atoms with van der Waals surface area (Å²) in [5, 5.41) is 2.61. The van der Waals surface area contributed by atoms with Crippen molar-refractivity contribution in [2.45, 2.75) is 18.1 Å². The van der Waals surface area contributed by atoms with E-state index in [0.717, 1.165) is 30.8 Å². The van der Waals surface area contributed by atoms with Gasteiger partial charge in [-0.3, -0.25) is 4.79 Å². The Labute approximate surface area is 138 Å². The van der Waals surface area contributed by atoms with E-state index in [-0.39, 0.29) is 11.7 Å². The summed E-state index contributed by atoms with van der Waals surface area (Å²) in [4.78, 5) is 15.8. The molecule has 2 nitrogen and oxygen atoms in total. The highest BCUT2D eigenvalue weighted by atomic mass is 32.2. The van der Waals surface area contributed by atoms with Crippen molar-refractivity contribution in [3.05, 3.63) is 58.0 Å². The molecule has 1 atom stereocenters. The maximum atomic E-state index is 12.9. The normalized spacial score (nSPS) is 19.0. The third kappa shape index (κ3) is 3.90. The van der Waals surface area contributed by atoms with Gasteiger partial charge in [0.2, 0.25) is 5.91 Å². The van der Waals surface area contributed by atoms with Gasteiger partial charge in [0.05, 0.1) is 6.42 Å². The lowest BCUT2D eigenvalue weighted by molar-refractivity contribution is -0.130. The highest BCUT2D eigenvalue weighted by Gasteiger charge is 2.22. The number of rotatable bonds is 3. The summed E-state index contributed by atoms with van der Waals surface area (Å²) in [7, 11) is 0. The minimum absolute atomic E-state index is 0.138. The lowest BCUT2D eigenvalue weighted by Crippen LogP contribution is -2.34. The van der Waals surface area contributed by atoms with Gasteiger partial charge in [-0.1, -0.05) is 18.2 Å². The van der Waals surface area contributed by atoms with Crippen LogP contribution in [-0.2, 0) is 11.2 Å². The predicted molar refractivity (Wildman–Crippen MR) is 90.8 cm³/mol. The molecule has 22 heavy (non-hydrogen) atoms. The lowest BCUT2D eigenvalue weighted by Gasteiger charge is -2.20. The lowest BCUT2D eigenvalue weighted by atomic mass is 10.1. The molecule has 0 N–H and O–H groups in total. The second-order valence-electron chi connectivity index (χ2n) is 5.35. The number of hydrogen-bond acceptors (Lipinski definition) is 3. The fourth-order valence-corrected chi connectivity index (χ4v) is 4.85. The van der Waals surface area contributed by atoms with Crippen LogP contribution in [0.2, 0.25) is 0 Å². The van der Waals surface area contributed by atoms with Crippen LogP contribution < -0.4 is 0 Å². The molecular weight excluding hydrogens is 317 g/mol. The molecule has 0 bridgehead atoms. The first-order valence-electron chi connectivity index (χ1n) is 7.39. The minimum atomic E-state index is -0.263. The fourth-order valence-electron chi connectivity index (χ4n) is 2.61. The van der Waals surface area contributed by atoms with Crippen LogP contribution in [0.4, 0.5) is 4.39 Å². The Bertz CT molecular complexity index is 612. The van der Waals surface area contributed by atoms with Crippen LogP contribution in [0.25, 0.3) is 0 Å². The third-order valence-corrected chi connectivity index (χ3v) is 6.27. The monoisotopic (exact) mass is 335 g/mol. The summed E-state index contributed by atoms with van der Waals surface area (Å²) in [5.41, 5.74) is 0.873. The number of benzene rings is 1. The first-order chi connectivity index (χ1) is 10.7. The maximum Gasteiger partial charge on any atom is 0.227 e. The molecule has 116 valence electrons. The van der Waals surface area contributed by atoms with E-state index in [0.29, 0.717) is 11.7 Å². The number of amides is 1. The summed E-state index contributed by atoms with van der Waals surface area (Å²) < 4.78 is 12.9. The summed E-state index contributed by atoms with van der Waals surface area (Å²) in [6, 6.07) is 10.5. The largest absolute Gasteiger partial charge is 0.342 e. The van der Waals surface area contributed by atoms with Gasteiger partial charge in [0.1, 0.15) is 5.82 Å². The van der Waals surface area contributed by atoms with Crippen molar-refractivity contribution in [3.63, 3.8) is 0 Å². The Morgan fingerprint density at radius 1 is 1.23 bits per heavy atom. The summed E-state index contributed by atoms with van der Waals surface area (Å²) in [6.45, 7) is 1.60. The molecule has 5 heteroatoms. The quantitative estimate of drug-likeness (QED) is 0.840. The number of thiophene rings is 1. The van der Waals surface area contributed by atoms with E-state index in [2.05, 4.69) is 17.5 Å². The van der Waals surface area contributed by atoms with E-state index in [4.69, 9.17) is 0 Å². The number of carbonyl (C=O) groups is 1. The molecule has 1 saturated heterocycles. The van der Waals surface area contributed by atoms with E-state index >= 15 is 0 Å². The number of carbonyl (C=O) groups excluding carboxylic acids is 1. The molecule has 0 unspecified atom stereocenters. The zero-order valence-corrected chi connectivity index (χ0v) is 13.8. The van der Waals surface area contributed by atoms with E-state index in [1.54, 1.807) is 23.5 Å². The molecule has 0 saturated carbocycles. The molecule has 1 aromatic heterocycles. The summed E-state index contributed by atoms with van der Waals surface area (Å²) >= 11 is 3.73. The number of hydrogen-bond donors (Lipinski definition) is 0. The van der Waals surface area contributed by atoms with Crippen LogP contribution in [0.1, 0.15) is 22.1 Å². The van der Waals surface area contributed by atoms with Crippen molar-refractivity contribution in [2.75, 3.05) is 18.8 Å². The highest BCUT2D eigenvalue weighted by molar-refractivity contribution is 7.99. The fraction of sp³-hybridized carbons (Fsp3) is 0.353. The Hall–Kier alpha value is -1.33. The molecule has 0 aliphatic carbocycles. The molecule has 1 aliphatic heterocycles. The van der Waals surface area contributed by atoms with E-state index in [1.807, 2.05) is 16.7 Å². The van der Waals surface area contributed by atoms with E-state index in [9.17, 15) is 9.18 Å². The van der Waals surface area contributed by atoms with Gasteiger partial charge in [-0.05, 0) is 35.6 Å². The van der Waals surface area contributed by atoms with Gasteiger partial charge in [-0.25, -0.2) is 4.39 Å². The van der Waals surface area contributed by atoms with Crippen LogP contribution in [0.5, 0.6) is 0 Å². The van der Waals surface area contributed by atoms with Crippen LogP contribution in [0.15, 0.2) is 41.8 Å². The van der Waals surface area contributed by atoms with Crippen LogP contribution >= 0.6 is 23.1 Å². The van der Waals surface area contributed by atoms with Crippen molar-refractivity contribution in [1.29, 1.82) is 0 Å². The van der Waals surface area contributed by atoms with Crippen molar-refractivity contribution < 1.29 is 9.18 Å². The summed E-state index contributed by atoms with van der Waals surface area (Å²) in [5.74, 6) is 0.845.